The standard InChI is InChI=1S/C22H25N5O3S/c1-14-9-10-15(2)17(11-14)24-20(28)13-31-22-26-25-19(27(22)3)12-23-21(29)16-7-5-6-8-18(16)30-4/h5-11H,12-13H2,1-4H3,(H,23,29)(H,24,28). The topological polar surface area (TPSA) is 98.1 Å². The molecule has 31 heavy (non-hydrogen) atoms. The number of methoxy groups -OCH3 is 1. The monoisotopic (exact) mass is 439 g/mol. The molecule has 1 heterocycles. The maximum atomic E-state index is 12.4. The normalized spacial score (nSPS) is 10.6. The highest BCUT2D eigenvalue weighted by atomic mass is 32.2. The third-order valence-electron chi connectivity index (χ3n) is 4.68. The largest absolute Gasteiger partial charge is 0.496 e. The lowest BCUT2D eigenvalue weighted by Crippen LogP contribution is -2.25. The van der Waals surface area contributed by atoms with Crippen LogP contribution >= 0.6 is 11.8 Å². The molecule has 0 saturated carbocycles. The summed E-state index contributed by atoms with van der Waals surface area (Å²) in [5.74, 6) is 0.910. The van der Waals surface area contributed by atoms with Gasteiger partial charge in [-0.15, -0.1) is 10.2 Å². The van der Waals surface area contributed by atoms with Gasteiger partial charge in [-0.25, -0.2) is 0 Å². The predicted octanol–water partition coefficient (Wildman–Crippen LogP) is 3.10. The van der Waals surface area contributed by atoms with Gasteiger partial charge in [0.25, 0.3) is 5.91 Å². The Morgan fingerprint density at radius 1 is 1.13 bits per heavy atom. The van der Waals surface area contributed by atoms with E-state index in [1.165, 1.54) is 18.9 Å². The molecule has 0 aliphatic carbocycles. The smallest absolute Gasteiger partial charge is 0.255 e. The van der Waals surface area contributed by atoms with E-state index in [9.17, 15) is 9.59 Å². The van der Waals surface area contributed by atoms with Gasteiger partial charge in [0.2, 0.25) is 5.91 Å². The summed E-state index contributed by atoms with van der Waals surface area (Å²) in [6.07, 6.45) is 0. The van der Waals surface area contributed by atoms with E-state index in [0.29, 0.717) is 22.3 Å². The molecular formula is C22H25N5O3S. The molecule has 0 atom stereocenters. The zero-order chi connectivity index (χ0) is 22.4. The Labute approximate surface area is 185 Å². The summed E-state index contributed by atoms with van der Waals surface area (Å²) in [4.78, 5) is 24.8. The van der Waals surface area contributed by atoms with Crippen LogP contribution in [0.4, 0.5) is 5.69 Å². The summed E-state index contributed by atoms with van der Waals surface area (Å²) >= 11 is 1.29. The van der Waals surface area contributed by atoms with E-state index < -0.39 is 0 Å². The molecule has 0 saturated heterocycles. The molecule has 0 spiro atoms. The lowest BCUT2D eigenvalue weighted by Gasteiger charge is -2.10. The van der Waals surface area contributed by atoms with Crippen molar-refractivity contribution in [1.29, 1.82) is 0 Å². The van der Waals surface area contributed by atoms with Gasteiger partial charge in [0.05, 0.1) is 25.0 Å². The van der Waals surface area contributed by atoms with Crippen LogP contribution in [-0.2, 0) is 18.4 Å². The molecule has 0 bridgehead atoms. The molecule has 0 unspecified atom stereocenters. The highest BCUT2D eigenvalue weighted by Crippen LogP contribution is 2.20. The van der Waals surface area contributed by atoms with Crippen molar-refractivity contribution in [2.45, 2.75) is 25.5 Å². The molecule has 3 rings (SSSR count). The summed E-state index contributed by atoms with van der Waals surface area (Å²) in [5, 5.41) is 14.6. The quantitative estimate of drug-likeness (QED) is 0.524. The number of benzene rings is 2. The average molecular weight is 440 g/mol. The number of thioether (sulfide) groups is 1. The number of carbonyl (C=O) groups excluding carboxylic acids is 2. The predicted molar refractivity (Wildman–Crippen MR) is 120 cm³/mol. The Balaban J connectivity index is 1.55. The minimum absolute atomic E-state index is 0.118. The van der Waals surface area contributed by atoms with E-state index in [4.69, 9.17) is 4.74 Å². The van der Waals surface area contributed by atoms with Crippen LogP contribution in [0, 0.1) is 13.8 Å². The van der Waals surface area contributed by atoms with E-state index in [0.717, 1.165) is 16.8 Å². The molecule has 1 aromatic heterocycles. The van der Waals surface area contributed by atoms with Crippen molar-refractivity contribution in [2.75, 3.05) is 18.2 Å². The van der Waals surface area contributed by atoms with Crippen LogP contribution < -0.4 is 15.4 Å². The number of nitrogens with zero attached hydrogens (tertiary/aromatic N) is 3. The summed E-state index contributed by atoms with van der Waals surface area (Å²) < 4.78 is 6.98. The van der Waals surface area contributed by atoms with Gasteiger partial charge in [0, 0.05) is 12.7 Å². The van der Waals surface area contributed by atoms with E-state index in [2.05, 4.69) is 20.8 Å². The third kappa shape index (κ3) is 5.64. The van der Waals surface area contributed by atoms with Crippen molar-refractivity contribution in [3.63, 3.8) is 0 Å². The first-order valence-corrected chi connectivity index (χ1v) is 10.7. The molecule has 0 aliphatic rings. The van der Waals surface area contributed by atoms with Crippen molar-refractivity contribution < 1.29 is 14.3 Å². The number of para-hydroxylation sites is 1. The fourth-order valence-corrected chi connectivity index (χ4v) is 3.63. The average Bonchev–Trinajstić information content (AvgIpc) is 3.12. The van der Waals surface area contributed by atoms with Gasteiger partial charge in [-0.3, -0.25) is 9.59 Å². The molecule has 8 nitrogen and oxygen atoms in total. The second kappa shape index (κ2) is 10.1. The number of aryl methyl sites for hydroxylation is 2. The first-order chi connectivity index (χ1) is 14.9. The van der Waals surface area contributed by atoms with Crippen LogP contribution in [-0.4, -0.2) is 39.4 Å². The van der Waals surface area contributed by atoms with Crippen LogP contribution in [0.2, 0.25) is 0 Å². The van der Waals surface area contributed by atoms with Crippen molar-refractivity contribution in [1.82, 2.24) is 20.1 Å². The molecule has 9 heteroatoms. The maximum absolute atomic E-state index is 12.4. The Hall–Kier alpha value is -3.33. The third-order valence-corrected chi connectivity index (χ3v) is 5.70. The zero-order valence-corrected chi connectivity index (χ0v) is 18.7. The number of ether oxygens (including phenoxy) is 1. The molecule has 2 N–H and O–H groups in total. The van der Waals surface area contributed by atoms with Gasteiger partial charge in [0.1, 0.15) is 5.75 Å². The molecular weight excluding hydrogens is 414 g/mol. The second-order valence-electron chi connectivity index (χ2n) is 7.00. The number of hydrogen-bond acceptors (Lipinski definition) is 6. The number of aromatic nitrogens is 3. The number of anilines is 1. The summed E-state index contributed by atoms with van der Waals surface area (Å²) in [5.41, 5.74) is 3.35. The first kappa shape index (κ1) is 22.4. The van der Waals surface area contributed by atoms with Gasteiger partial charge in [-0.05, 0) is 43.2 Å². The molecule has 0 fully saturated rings. The van der Waals surface area contributed by atoms with Crippen molar-refractivity contribution in [3.8, 4) is 5.75 Å². The fourth-order valence-electron chi connectivity index (χ4n) is 2.90. The zero-order valence-electron chi connectivity index (χ0n) is 17.9. The van der Waals surface area contributed by atoms with Crippen molar-refractivity contribution >= 4 is 29.3 Å². The minimum atomic E-state index is -0.262. The Kier molecular flexibility index (Phi) is 7.30. The summed E-state index contributed by atoms with van der Waals surface area (Å²) in [6, 6.07) is 12.9. The first-order valence-electron chi connectivity index (χ1n) is 9.68. The highest BCUT2D eigenvalue weighted by Gasteiger charge is 2.15. The van der Waals surface area contributed by atoms with E-state index in [1.54, 1.807) is 35.9 Å². The SMILES string of the molecule is COc1ccccc1C(=O)NCc1nnc(SCC(=O)Nc2cc(C)ccc2C)n1C. The summed E-state index contributed by atoms with van der Waals surface area (Å²) in [6.45, 7) is 4.14. The van der Waals surface area contributed by atoms with Gasteiger partial charge >= 0.3 is 0 Å². The molecule has 2 aromatic carbocycles. The van der Waals surface area contributed by atoms with E-state index in [1.807, 2.05) is 32.0 Å². The number of nitrogens with one attached hydrogen (secondary N) is 2. The molecule has 162 valence electrons. The Bertz CT molecular complexity index is 1100. The minimum Gasteiger partial charge on any atom is -0.496 e. The summed E-state index contributed by atoms with van der Waals surface area (Å²) in [7, 11) is 3.32. The van der Waals surface area contributed by atoms with Crippen LogP contribution in [0.1, 0.15) is 27.3 Å². The highest BCUT2D eigenvalue weighted by molar-refractivity contribution is 7.99. The molecule has 3 aromatic rings. The Morgan fingerprint density at radius 3 is 2.68 bits per heavy atom. The van der Waals surface area contributed by atoms with Crippen LogP contribution in [0.15, 0.2) is 47.6 Å². The lowest BCUT2D eigenvalue weighted by atomic mass is 10.1. The van der Waals surface area contributed by atoms with Crippen LogP contribution in [0.5, 0.6) is 5.75 Å². The van der Waals surface area contributed by atoms with E-state index >= 15 is 0 Å². The number of amides is 2. The van der Waals surface area contributed by atoms with Gasteiger partial charge in [-0.1, -0.05) is 36.0 Å². The number of carbonyl (C=O) groups is 2. The van der Waals surface area contributed by atoms with Crippen LogP contribution in [0.25, 0.3) is 0 Å². The van der Waals surface area contributed by atoms with Gasteiger partial charge in [0.15, 0.2) is 11.0 Å². The molecule has 0 radical (unpaired) electrons. The van der Waals surface area contributed by atoms with Crippen molar-refractivity contribution in [3.05, 3.63) is 65.0 Å². The molecule has 2 amide bonds. The molecule has 0 aliphatic heterocycles. The van der Waals surface area contributed by atoms with Crippen LogP contribution in [0.3, 0.4) is 0 Å². The van der Waals surface area contributed by atoms with Gasteiger partial charge in [-0.2, -0.15) is 0 Å². The van der Waals surface area contributed by atoms with E-state index in [-0.39, 0.29) is 24.1 Å². The number of hydrogen-bond donors (Lipinski definition) is 2. The Morgan fingerprint density at radius 2 is 1.90 bits per heavy atom. The number of rotatable bonds is 8. The van der Waals surface area contributed by atoms with Gasteiger partial charge < -0.3 is 19.9 Å². The lowest BCUT2D eigenvalue weighted by molar-refractivity contribution is -0.113. The maximum Gasteiger partial charge on any atom is 0.255 e. The van der Waals surface area contributed by atoms with Crippen molar-refractivity contribution in [2.24, 2.45) is 7.05 Å². The second-order valence-corrected chi connectivity index (χ2v) is 7.94. The fraction of sp³-hybridized carbons (Fsp3) is 0.273.